The van der Waals surface area contributed by atoms with Gasteiger partial charge in [0.2, 0.25) is 0 Å². The van der Waals surface area contributed by atoms with Crippen molar-refractivity contribution in [3.8, 4) is 5.75 Å². The number of hydrogen-bond donors (Lipinski definition) is 3. The Balaban J connectivity index is 2.41. The lowest BCUT2D eigenvalue weighted by atomic mass is 10.2. The van der Waals surface area contributed by atoms with Crippen LogP contribution in [0.3, 0.4) is 0 Å². The van der Waals surface area contributed by atoms with E-state index in [1.165, 1.54) is 13.0 Å². The molecule has 0 radical (unpaired) electrons. The minimum atomic E-state index is -0.576. The monoisotopic (exact) mass is 264 g/mol. The molecule has 0 aromatic heterocycles. The number of benzene rings is 1. The number of carbonyl (C=O) groups is 2. The summed E-state index contributed by atoms with van der Waals surface area (Å²) in [5.74, 6) is -0.486. The zero-order chi connectivity index (χ0) is 14.4. The maximum Gasteiger partial charge on any atom is 0.334 e. The van der Waals surface area contributed by atoms with Gasteiger partial charge in [0.25, 0.3) is 0 Å². The first-order valence-electron chi connectivity index (χ1n) is 5.57. The van der Waals surface area contributed by atoms with E-state index in [0.29, 0.717) is 11.3 Å². The Morgan fingerprint density at radius 1 is 1.42 bits per heavy atom. The summed E-state index contributed by atoms with van der Waals surface area (Å²) in [6, 6.07) is 4.20. The minimum absolute atomic E-state index is 0.0894. The zero-order valence-corrected chi connectivity index (χ0v) is 10.8. The van der Waals surface area contributed by atoms with Crippen LogP contribution in [0.15, 0.2) is 30.4 Å². The highest BCUT2D eigenvalue weighted by Crippen LogP contribution is 2.20. The van der Waals surface area contributed by atoms with Gasteiger partial charge < -0.3 is 20.5 Å². The summed E-state index contributed by atoms with van der Waals surface area (Å²) in [6.45, 7) is 6.41. The molecule has 0 saturated heterocycles. The molecule has 0 atom stereocenters. The number of urea groups is 1. The van der Waals surface area contributed by atoms with E-state index in [9.17, 15) is 14.7 Å². The van der Waals surface area contributed by atoms with Gasteiger partial charge in [-0.05, 0) is 25.5 Å². The normalized spacial score (nSPS) is 9.58. The van der Waals surface area contributed by atoms with Crippen LogP contribution in [-0.4, -0.2) is 23.8 Å². The third-order valence-electron chi connectivity index (χ3n) is 2.25. The molecule has 0 aliphatic carbocycles. The number of nitrogens with one attached hydrogen (secondary N) is 2. The molecule has 2 amide bonds. The zero-order valence-electron chi connectivity index (χ0n) is 10.8. The standard InChI is InChI=1S/C13H16N2O4/c1-8(2)12(17)19-7-14-13(18)15-10-5-4-9(3)11(16)6-10/h4-6,16H,1,7H2,2-3H3,(H2,14,15,18). The first kappa shape index (κ1) is 14.6. The summed E-state index contributed by atoms with van der Waals surface area (Å²) in [5.41, 5.74) is 1.40. The van der Waals surface area contributed by atoms with E-state index < -0.39 is 12.0 Å². The van der Waals surface area contributed by atoms with Crippen LogP contribution in [0.5, 0.6) is 5.75 Å². The number of aromatic hydroxyl groups is 1. The number of ether oxygens (including phenoxy) is 1. The van der Waals surface area contributed by atoms with Crippen LogP contribution in [0.25, 0.3) is 0 Å². The van der Waals surface area contributed by atoms with Gasteiger partial charge in [0.15, 0.2) is 6.73 Å². The fraction of sp³-hybridized carbons (Fsp3) is 0.231. The summed E-state index contributed by atoms with van der Waals surface area (Å²) >= 11 is 0. The molecule has 6 heteroatoms. The van der Waals surface area contributed by atoms with Crippen molar-refractivity contribution < 1.29 is 19.4 Å². The summed E-state index contributed by atoms with van der Waals surface area (Å²) in [7, 11) is 0. The van der Waals surface area contributed by atoms with Crippen molar-refractivity contribution in [2.75, 3.05) is 12.0 Å². The van der Waals surface area contributed by atoms with Crippen molar-refractivity contribution >= 4 is 17.7 Å². The molecule has 0 fully saturated rings. The summed E-state index contributed by atoms with van der Waals surface area (Å²) in [4.78, 5) is 22.5. The number of phenolic OH excluding ortho intramolecular Hbond substituents is 1. The van der Waals surface area contributed by atoms with Crippen LogP contribution in [-0.2, 0) is 9.53 Å². The number of hydrogen-bond acceptors (Lipinski definition) is 4. The Labute approximate surface area is 111 Å². The van der Waals surface area contributed by atoms with Crippen molar-refractivity contribution in [1.82, 2.24) is 5.32 Å². The number of amides is 2. The van der Waals surface area contributed by atoms with Crippen LogP contribution in [0.2, 0.25) is 0 Å². The SMILES string of the molecule is C=C(C)C(=O)OCNC(=O)Nc1ccc(C)c(O)c1. The van der Waals surface area contributed by atoms with Crippen molar-refractivity contribution in [3.63, 3.8) is 0 Å². The van der Waals surface area contributed by atoms with E-state index in [2.05, 4.69) is 17.2 Å². The minimum Gasteiger partial charge on any atom is -0.508 e. The molecule has 0 bridgehead atoms. The van der Waals surface area contributed by atoms with Gasteiger partial charge in [-0.15, -0.1) is 0 Å². The van der Waals surface area contributed by atoms with Crippen LogP contribution in [0, 0.1) is 6.92 Å². The van der Waals surface area contributed by atoms with Crippen molar-refractivity contribution in [2.45, 2.75) is 13.8 Å². The largest absolute Gasteiger partial charge is 0.508 e. The maximum absolute atomic E-state index is 11.4. The molecule has 0 spiro atoms. The Morgan fingerprint density at radius 2 is 2.11 bits per heavy atom. The lowest BCUT2D eigenvalue weighted by Gasteiger charge is -2.09. The molecule has 1 aromatic rings. The number of rotatable bonds is 4. The van der Waals surface area contributed by atoms with Crippen LogP contribution >= 0.6 is 0 Å². The fourth-order valence-corrected chi connectivity index (χ4v) is 1.15. The van der Waals surface area contributed by atoms with E-state index in [4.69, 9.17) is 4.74 Å². The van der Waals surface area contributed by atoms with Gasteiger partial charge in [-0.1, -0.05) is 12.6 Å². The lowest BCUT2D eigenvalue weighted by molar-refractivity contribution is -0.139. The Bertz CT molecular complexity index is 511. The van der Waals surface area contributed by atoms with E-state index >= 15 is 0 Å². The van der Waals surface area contributed by atoms with Gasteiger partial charge in [-0.25, -0.2) is 9.59 Å². The van der Waals surface area contributed by atoms with Gasteiger partial charge in [0.05, 0.1) is 0 Å². The van der Waals surface area contributed by atoms with E-state index in [1.807, 2.05) is 0 Å². The Morgan fingerprint density at radius 3 is 2.68 bits per heavy atom. The average molecular weight is 264 g/mol. The van der Waals surface area contributed by atoms with E-state index in [-0.39, 0.29) is 18.1 Å². The Kier molecular flexibility index (Phi) is 4.93. The average Bonchev–Trinajstić information content (AvgIpc) is 2.33. The van der Waals surface area contributed by atoms with Gasteiger partial charge >= 0.3 is 12.0 Å². The van der Waals surface area contributed by atoms with Crippen LogP contribution in [0.4, 0.5) is 10.5 Å². The number of aryl methyl sites for hydroxylation is 1. The molecule has 0 heterocycles. The molecular formula is C13H16N2O4. The molecule has 0 aliphatic rings. The smallest absolute Gasteiger partial charge is 0.334 e. The first-order chi connectivity index (χ1) is 8.90. The topological polar surface area (TPSA) is 87.7 Å². The van der Waals surface area contributed by atoms with Gasteiger partial charge in [0, 0.05) is 17.3 Å². The van der Waals surface area contributed by atoms with Crippen molar-refractivity contribution in [1.29, 1.82) is 0 Å². The van der Waals surface area contributed by atoms with Gasteiger partial charge in [-0.2, -0.15) is 0 Å². The summed E-state index contributed by atoms with van der Waals surface area (Å²) in [6.07, 6.45) is 0. The van der Waals surface area contributed by atoms with Crippen LogP contribution < -0.4 is 10.6 Å². The van der Waals surface area contributed by atoms with Gasteiger partial charge in [-0.3, -0.25) is 0 Å². The second-order valence-electron chi connectivity index (χ2n) is 3.99. The molecule has 3 N–H and O–H groups in total. The highest BCUT2D eigenvalue weighted by molar-refractivity contribution is 5.90. The molecule has 0 unspecified atom stereocenters. The number of esters is 1. The van der Waals surface area contributed by atoms with E-state index in [1.54, 1.807) is 19.1 Å². The summed E-state index contributed by atoms with van der Waals surface area (Å²) < 4.78 is 4.69. The van der Waals surface area contributed by atoms with Crippen molar-refractivity contribution in [3.05, 3.63) is 35.9 Å². The number of carbonyl (C=O) groups excluding carboxylic acids is 2. The highest BCUT2D eigenvalue weighted by atomic mass is 16.5. The molecule has 0 saturated carbocycles. The predicted octanol–water partition coefficient (Wildman–Crippen LogP) is 1.90. The third kappa shape index (κ3) is 4.71. The van der Waals surface area contributed by atoms with Gasteiger partial charge in [0.1, 0.15) is 5.75 Å². The lowest BCUT2D eigenvalue weighted by Crippen LogP contribution is -2.31. The molecule has 102 valence electrons. The molecule has 0 aliphatic heterocycles. The molecule has 19 heavy (non-hydrogen) atoms. The van der Waals surface area contributed by atoms with E-state index in [0.717, 1.165) is 0 Å². The first-order valence-corrected chi connectivity index (χ1v) is 5.57. The van der Waals surface area contributed by atoms with Crippen LogP contribution in [0.1, 0.15) is 12.5 Å². The highest BCUT2D eigenvalue weighted by Gasteiger charge is 2.06. The molecule has 1 rings (SSSR count). The third-order valence-corrected chi connectivity index (χ3v) is 2.25. The number of phenols is 1. The quantitative estimate of drug-likeness (QED) is 0.440. The second kappa shape index (κ2) is 6.44. The predicted molar refractivity (Wildman–Crippen MR) is 70.8 cm³/mol. The fourth-order valence-electron chi connectivity index (χ4n) is 1.15. The van der Waals surface area contributed by atoms with Crippen molar-refractivity contribution in [2.24, 2.45) is 0 Å². The molecular weight excluding hydrogens is 248 g/mol. The summed E-state index contributed by atoms with van der Waals surface area (Å²) in [5, 5.41) is 14.3. The molecule has 1 aromatic carbocycles. The maximum atomic E-state index is 11.4. The molecule has 6 nitrogen and oxygen atoms in total. The second-order valence-corrected chi connectivity index (χ2v) is 3.99. The Hall–Kier alpha value is -2.50. The number of anilines is 1.